The number of hydrogen-bond donors (Lipinski definition) is 2. The van der Waals surface area contributed by atoms with Crippen molar-refractivity contribution in [2.24, 2.45) is 7.05 Å². The van der Waals surface area contributed by atoms with Crippen molar-refractivity contribution in [1.29, 1.82) is 0 Å². The van der Waals surface area contributed by atoms with Crippen LogP contribution < -0.4 is 5.32 Å². The summed E-state index contributed by atoms with van der Waals surface area (Å²) < 4.78 is 35.3. The normalized spacial score (nSPS) is 20.1. The van der Waals surface area contributed by atoms with E-state index in [-0.39, 0.29) is 22.9 Å². The number of carbonyl (C=O) groups is 3. The van der Waals surface area contributed by atoms with Crippen LogP contribution in [0.1, 0.15) is 54.1 Å². The second kappa shape index (κ2) is 9.52. The first-order chi connectivity index (χ1) is 16.5. The van der Waals surface area contributed by atoms with Gasteiger partial charge in [-0.15, -0.1) is 10.2 Å². The summed E-state index contributed by atoms with van der Waals surface area (Å²) in [6, 6.07) is 1.74. The number of aryl methyl sites for hydroxylation is 1. The Morgan fingerprint density at radius 2 is 1.75 bits per heavy atom. The second-order valence-electron chi connectivity index (χ2n) is 9.96. The highest BCUT2D eigenvalue weighted by Gasteiger charge is 2.47. The van der Waals surface area contributed by atoms with E-state index >= 15 is 0 Å². The van der Waals surface area contributed by atoms with Gasteiger partial charge in [-0.25, -0.2) is 4.79 Å². The Balaban J connectivity index is 0.000000454. The third-order valence-corrected chi connectivity index (χ3v) is 5.95. The van der Waals surface area contributed by atoms with Crippen molar-refractivity contribution in [3.63, 3.8) is 0 Å². The lowest BCUT2D eigenvalue weighted by atomic mass is 9.94. The van der Waals surface area contributed by atoms with Gasteiger partial charge < -0.3 is 19.9 Å². The van der Waals surface area contributed by atoms with Crippen molar-refractivity contribution in [1.82, 2.24) is 39.7 Å². The molecular weight excluding hydrogens is 485 g/mol. The van der Waals surface area contributed by atoms with E-state index < -0.39 is 12.1 Å². The lowest BCUT2D eigenvalue weighted by molar-refractivity contribution is -0.192. The van der Waals surface area contributed by atoms with Crippen molar-refractivity contribution >= 4 is 17.8 Å². The van der Waals surface area contributed by atoms with Crippen molar-refractivity contribution in [3.05, 3.63) is 29.6 Å². The quantitative estimate of drug-likeness (QED) is 0.603. The van der Waals surface area contributed by atoms with Crippen LogP contribution in [0, 0.1) is 0 Å². The van der Waals surface area contributed by atoms with Gasteiger partial charge in [0.15, 0.2) is 0 Å². The van der Waals surface area contributed by atoms with Gasteiger partial charge in [0.2, 0.25) is 5.82 Å². The van der Waals surface area contributed by atoms with E-state index in [1.54, 1.807) is 24.0 Å². The largest absolute Gasteiger partial charge is 0.490 e. The van der Waals surface area contributed by atoms with E-state index in [9.17, 15) is 22.8 Å². The van der Waals surface area contributed by atoms with E-state index in [0.717, 1.165) is 12.2 Å². The number of likely N-dealkylation sites (tertiary alicyclic amines) is 1. The number of aromatic nitrogens is 5. The van der Waals surface area contributed by atoms with Crippen LogP contribution in [0.15, 0.2) is 12.3 Å². The van der Waals surface area contributed by atoms with Crippen molar-refractivity contribution in [2.75, 3.05) is 20.1 Å². The van der Waals surface area contributed by atoms with Crippen LogP contribution in [-0.4, -0.2) is 94.6 Å². The molecule has 2 aliphatic rings. The van der Waals surface area contributed by atoms with E-state index in [1.807, 2.05) is 37.3 Å². The highest BCUT2D eigenvalue weighted by atomic mass is 19.4. The molecule has 36 heavy (non-hydrogen) atoms. The zero-order valence-electron chi connectivity index (χ0n) is 20.6. The smallest absolute Gasteiger partial charge is 0.475 e. The van der Waals surface area contributed by atoms with Crippen molar-refractivity contribution in [3.8, 4) is 0 Å². The molecule has 1 spiro atoms. The Hall–Kier alpha value is -3.49. The number of nitrogens with one attached hydrogen (secondary N) is 1. The number of amides is 2. The lowest BCUT2D eigenvalue weighted by Crippen LogP contribution is -2.55. The molecule has 1 fully saturated rings. The van der Waals surface area contributed by atoms with Gasteiger partial charge in [0.05, 0.1) is 12.1 Å². The summed E-state index contributed by atoms with van der Waals surface area (Å²) in [5, 5.41) is 22.7. The lowest BCUT2D eigenvalue weighted by Gasteiger charge is -2.42. The molecule has 0 saturated carbocycles. The SMILES string of the molecule is CN1Cc2nnc(C(=O)NC(C)(C)C)n2CC12CCN(C(=O)c1ccn(C)n1)C2.O=C(O)C(F)(F)F. The Morgan fingerprint density at radius 1 is 1.11 bits per heavy atom. The van der Waals surface area contributed by atoms with Crippen LogP contribution in [0.25, 0.3) is 0 Å². The summed E-state index contributed by atoms with van der Waals surface area (Å²) in [6.07, 6.45) is -2.49. The molecule has 4 heterocycles. The Kier molecular flexibility index (Phi) is 7.17. The zero-order chi connectivity index (χ0) is 27.1. The minimum Gasteiger partial charge on any atom is -0.475 e. The molecule has 2 amide bonds. The maximum absolute atomic E-state index is 12.9. The van der Waals surface area contributed by atoms with E-state index in [0.29, 0.717) is 37.7 Å². The molecule has 1 saturated heterocycles. The van der Waals surface area contributed by atoms with Gasteiger partial charge in [-0.2, -0.15) is 18.3 Å². The van der Waals surface area contributed by atoms with Gasteiger partial charge in [0.25, 0.3) is 11.8 Å². The molecule has 4 rings (SSSR count). The van der Waals surface area contributed by atoms with E-state index in [1.165, 1.54) is 0 Å². The molecule has 12 nitrogen and oxygen atoms in total. The highest BCUT2D eigenvalue weighted by molar-refractivity contribution is 5.92. The summed E-state index contributed by atoms with van der Waals surface area (Å²) in [5.74, 6) is -1.94. The van der Waals surface area contributed by atoms with Crippen LogP contribution >= 0.6 is 0 Å². The number of likely N-dealkylation sites (N-methyl/N-ethyl adjacent to an activating group) is 1. The summed E-state index contributed by atoms with van der Waals surface area (Å²) in [4.78, 5) is 38.5. The molecular formula is C21H29F3N8O4. The number of alkyl halides is 3. The number of rotatable bonds is 2. The maximum atomic E-state index is 12.9. The fraction of sp³-hybridized carbons (Fsp3) is 0.619. The van der Waals surface area contributed by atoms with Crippen LogP contribution in [0.3, 0.4) is 0 Å². The van der Waals surface area contributed by atoms with E-state index in [4.69, 9.17) is 9.90 Å². The second-order valence-corrected chi connectivity index (χ2v) is 9.96. The number of carboxylic acids is 1. The number of aliphatic carboxylic acids is 1. The standard InChI is InChI=1S/C19H28N8O2.C2HF3O2/c1-18(2,3)20-16(28)15-22-21-14-10-24(4)19(12-27(14)15)7-9-26(11-19)17(29)13-6-8-25(5)23-13;3-2(4,5)1(6)7/h6,8H,7,9-12H2,1-5H3,(H,20,28);(H,6,7). The highest BCUT2D eigenvalue weighted by Crippen LogP contribution is 2.34. The van der Waals surface area contributed by atoms with Crippen LogP contribution in [0.4, 0.5) is 13.2 Å². The first-order valence-electron chi connectivity index (χ1n) is 11.1. The van der Waals surface area contributed by atoms with Gasteiger partial charge in [0.1, 0.15) is 11.5 Å². The molecule has 0 radical (unpaired) electrons. The first kappa shape index (κ1) is 27.1. The van der Waals surface area contributed by atoms with Gasteiger partial charge in [-0.1, -0.05) is 0 Å². The third kappa shape index (κ3) is 5.83. The number of halogens is 3. The molecule has 0 aliphatic carbocycles. The Morgan fingerprint density at radius 3 is 2.28 bits per heavy atom. The topological polar surface area (TPSA) is 138 Å². The molecule has 2 aromatic rings. The fourth-order valence-corrected chi connectivity index (χ4v) is 4.14. The number of carboxylic acid groups (broad SMARTS) is 1. The fourth-order valence-electron chi connectivity index (χ4n) is 4.14. The monoisotopic (exact) mass is 514 g/mol. The number of carbonyl (C=O) groups excluding carboxylic acids is 2. The zero-order valence-corrected chi connectivity index (χ0v) is 20.6. The molecule has 1 unspecified atom stereocenters. The minimum absolute atomic E-state index is 0.0591. The number of hydrogen-bond acceptors (Lipinski definition) is 7. The molecule has 198 valence electrons. The Labute approximate surface area is 205 Å². The summed E-state index contributed by atoms with van der Waals surface area (Å²) in [7, 11) is 3.84. The molecule has 0 aromatic carbocycles. The minimum atomic E-state index is -5.08. The summed E-state index contributed by atoms with van der Waals surface area (Å²) in [5.41, 5.74) is -0.152. The third-order valence-electron chi connectivity index (χ3n) is 5.95. The van der Waals surface area contributed by atoms with Gasteiger partial charge in [0, 0.05) is 38.4 Å². The van der Waals surface area contributed by atoms with Crippen LogP contribution in [0.5, 0.6) is 0 Å². The van der Waals surface area contributed by atoms with Crippen molar-refractivity contribution < 1.29 is 32.7 Å². The predicted molar refractivity (Wildman–Crippen MR) is 119 cm³/mol. The summed E-state index contributed by atoms with van der Waals surface area (Å²) >= 11 is 0. The number of fused-ring (bicyclic) bond motifs is 1. The predicted octanol–water partition coefficient (Wildman–Crippen LogP) is 0.903. The molecule has 2 aromatic heterocycles. The molecule has 15 heteroatoms. The van der Waals surface area contributed by atoms with Crippen LogP contribution in [-0.2, 0) is 24.9 Å². The van der Waals surface area contributed by atoms with Gasteiger partial charge in [-0.3, -0.25) is 19.2 Å². The summed E-state index contributed by atoms with van der Waals surface area (Å²) in [6.45, 7) is 8.20. The van der Waals surface area contributed by atoms with Gasteiger partial charge >= 0.3 is 12.1 Å². The molecule has 2 aliphatic heterocycles. The van der Waals surface area contributed by atoms with Crippen molar-refractivity contribution in [2.45, 2.75) is 57.5 Å². The van der Waals surface area contributed by atoms with Crippen LogP contribution in [0.2, 0.25) is 0 Å². The molecule has 0 bridgehead atoms. The average molecular weight is 515 g/mol. The maximum Gasteiger partial charge on any atom is 0.490 e. The Bertz CT molecular complexity index is 1150. The number of nitrogens with zero attached hydrogens (tertiary/aromatic N) is 7. The molecule has 2 N–H and O–H groups in total. The van der Waals surface area contributed by atoms with Gasteiger partial charge in [-0.05, 0) is 40.3 Å². The first-order valence-corrected chi connectivity index (χ1v) is 11.1. The molecule has 1 atom stereocenters. The average Bonchev–Trinajstić information content (AvgIpc) is 3.46. The van der Waals surface area contributed by atoms with E-state index in [2.05, 4.69) is 25.5 Å².